The van der Waals surface area contributed by atoms with Crippen molar-refractivity contribution in [2.45, 2.75) is 6.92 Å². The molecule has 1 N–H and O–H groups in total. The maximum Gasteiger partial charge on any atom is 0.225 e. The first-order chi connectivity index (χ1) is 6.22. The second kappa shape index (κ2) is 3.12. The highest BCUT2D eigenvalue weighted by molar-refractivity contribution is 7.17. The van der Waals surface area contributed by atoms with Gasteiger partial charge in [0, 0.05) is 7.05 Å². The molecule has 13 heavy (non-hydrogen) atoms. The Kier molecular flexibility index (Phi) is 2.09. The summed E-state index contributed by atoms with van der Waals surface area (Å²) < 4.78 is 0. The zero-order valence-corrected chi connectivity index (χ0v) is 8.83. The van der Waals surface area contributed by atoms with Gasteiger partial charge in [-0.3, -0.25) is 0 Å². The molecule has 0 fully saturated rings. The number of nitrogens with zero attached hydrogens (tertiary/aromatic N) is 2. The highest BCUT2D eigenvalue weighted by atomic mass is 35.5. The van der Waals surface area contributed by atoms with E-state index in [4.69, 9.17) is 11.6 Å². The summed E-state index contributed by atoms with van der Waals surface area (Å²) in [6, 6.07) is 0. The molecule has 3 nitrogen and oxygen atoms in total. The van der Waals surface area contributed by atoms with Gasteiger partial charge >= 0.3 is 0 Å². The van der Waals surface area contributed by atoms with Crippen LogP contribution >= 0.6 is 22.9 Å². The highest BCUT2D eigenvalue weighted by Crippen LogP contribution is 2.29. The van der Waals surface area contributed by atoms with Gasteiger partial charge in [0.1, 0.15) is 10.6 Å². The molecule has 0 radical (unpaired) electrons. The lowest BCUT2D eigenvalue weighted by atomic mass is 10.2. The number of hydrogen-bond donors (Lipinski definition) is 1. The average molecular weight is 214 g/mol. The van der Waals surface area contributed by atoms with Crippen LogP contribution in [0.2, 0.25) is 5.28 Å². The van der Waals surface area contributed by atoms with Crippen LogP contribution in [0.3, 0.4) is 0 Å². The van der Waals surface area contributed by atoms with Gasteiger partial charge in [0.05, 0.1) is 5.39 Å². The number of rotatable bonds is 1. The zero-order valence-electron chi connectivity index (χ0n) is 7.26. The number of fused-ring (bicyclic) bond motifs is 1. The lowest BCUT2D eigenvalue weighted by Gasteiger charge is -2.01. The van der Waals surface area contributed by atoms with Crippen molar-refractivity contribution in [3.8, 4) is 0 Å². The molecule has 5 heteroatoms. The van der Waals surface area contributed by atoms with Gasteiger partial charge in [0.2, 0.25) is 5.28 Å². The van der Waals surface area contributed by atoms with Gasteiger partial charge < -0.3 is 5.32 Å². The Morgan fingerprint density at radius 1 is 1.46 bits per heavy atom. The van der Waals surface area contributed by atoms with Crippen LogP contribution in [0.5, 0.6) is 0 Å². The van der Waals surface area contributed by atoms with Crippen molar-refractivity contribution in [3.05, 3.63) is 16.2 Å². The van der Waals surface area contributed by atoms with Crippen LogP contribution in [-0.4, -0.2) is 17.0 Å². The third-order valence-electron chi connectivity index (χ3n) is 1.83. The molecule has 68 valence electrons. The minimum atomic E-state index is 0.290. The Morgan fingerprint density at radius 3 is 2.92 bits per heavy atom. The Bertz CT molecular complexity index is 452. The summed E-state index contributed by atoms with van der Waals surface area (Å²) >= 11 is 7.34. The third kappa shape index (κ3) is 1.36. The van der Waals surface area contributed by atoms with Crippen LogP contribution < -0.4 is 5.32 Å². The maximum absolute atomic E-state index is 5.76. The van der Waals surface area contributed by atoms with E-state index in [1.165, 1.54) is 5.56 Å². The van der Waals surface area contributed by atoms with E-state index < -0.39 is 0 Å². The van der Waals surface area contributed by atoms with Crippen LogP contribution in [0.1, 0.15) is 5.56 Å². The molecule has 0 atom stereocenters. The van der Waals surface area contributed by atoms with Crippen molar-refractivity contribution in [1.82, 2.24) is 9.97 Å². The van der Waals surface area contributed by atoms with Crippen molar-refractivity contribution in [2.24, 2.45) is 0 Å². The monoisotopic (exact) mass is 213 g/mol. The fourth-order valence-electron chi connectivity index (χ4n) is 1.24. The van der Waals surface area contributed by atoms with Crippen LogP contribution in [0.25, 0.3) is 10.2 Å². The van der Waals surface area contributed by atoms with Gasteiger partial charge in [0.15, 0.2) is 0 Å². The normalized spacial score (nSPS) is 10.7. The Morgan fingerprint density at radius 2 is 2.23 bits per heavy atom. The summed E-state index contributed by atoms with van der Waals surface area (Å²) in [5, 5.41) is 6.42. The van der Waals surface area contributed by atoms with E-state index in [9.17, 15) is 0 Å². The van der Waals surface area contributed by atoms with Gasteiger partial charge in [0.25, 0.3) is 0 Å². The molecule has 0 unspecified atom stereocenters. The number of anilines is 1. The number of aromatic nitrogens is 2. The average Bonchev–Trinajstić information content (AvgIpc) is 2.46. The molecular formula is C8H8ClN3S. The predicted octanol–water partition coefficient (Wildman–Crippen LogP) is 2.69. The number of nitrogens with one attached hydrogen (secondary N) is 1. The fraction of sp³-hybridized carbons (Fsp3) is 0.250. The molecule has 0 saturated heterocycles. The van der Waals surface area contributed by atoms with Crippen LogP contribution in [0.15, 0.2) is 5.38 Å². The van der Waals surface area contributed by atoms with Crippen molar-refractivity contribution in [2.75, 3.05) is 12.4 Å². The minimum Gasteiger partial charge on any atom is -0.372 e. The van der Waals surface area contributed by atoms with Crippen LogP contribution in [-0.2, 0) is 0 Å². The lowest BCUT2D eigenvalue weighted by Crippen LogP contribution is -1.95. The SMILES string of the molecule is CNc1nc(Cl)nc2scc(C)c12. The quantitative estimate of drug-likeness (QED) is 0.741. The first kappa shape index (κ1) is 8.72. The van der Waals surface area contributed by atoms with E-state index in [0.717, 1.165) is 16.0 Å². The van der Waals surface area contributed by atoms with Gasteiger partial charge in [-0.2, -0.15) is 0 Å². The predicted molar refractivity (Wildman–Crippen MR) is 56.7 cm³/mol. The molecule has 2 aromatic heterocycles. The van der Waals surface area contributed by atoms with Crippen LogP contribution in [0, 0.1) is 6.92 Å². The summed E-state index contributed by atoms with van der Waals surface area (Å²) in [7, 11) is 1.83. The number of halogens is 1. The second-order valence-electron chi connectivity index (χ2n) is 2.69. The molecule has 0 amide bonds. The molecule has 0 spiro atoms. The van der Waals surface area contributed by atoms with Crippen molar-refractivity contribution >= 4 is 39.0 Å². The first-order valence-corrected chi connectivity index (χ1v) is 5.07. The zero-order chi connectivity index (χ0) is 9.42. The van der Waals surface area contributed by atoms with E-state index >= 15 is 0 Å². The second-order valence-corrected chi connectivity index (χ2v) is 3.89. The maximum atomic E-state index is 5.76. The lowest BCUT2D eigenvalue weighted by molar-refractivity contribution is 1.22. The number of thiophene rings is 1. The summed E-state index contributed by atoms with van der Waals surface area (Å²) in [5.74, 6) is 0.800. The number of aryl methyl sites for hydroxylation is 1. The van der Waals surface area contributed by atoms with Crippen molar-refractivity contribution in [1.29, 1.82) is 0 Å². The van der Waals surface area contributed by atoms with E-state index in [1.807, 2.05) is 14.0 Å². The molecule has 0 aliphatic carbocycles. The minimum absolute atomic E-state index is 0.290. The van der Waals surface area contributed by atoms with Crippen molar-refractivity contribution < 1.29 is 0 Å². The van der Waals surface area contributed by atoms with Crippen LogP contribution in [0.4, 0.5) is 5.82 Å². The van der Waals surface area contributed by atoms with Gasteiger partial charge in [-0.25, -0.2) is 9.97 Å². The smallest absolute Gasteiger partial charge is 0.225 e. The number of hydrogen-bond acceptors (Lipinski definition) is 4. The van der Waals surface area contributed by atoms with Gasteiger partial charge in [-0.1, -0.05) is 0 Å². The largest absolute Gasteiger partial charge is 0.372 e. The Hall–Kier alpha value is -0.870. The standard InChI is InChI=1S/C8H8ClN3S/c1-4-3-13-7-5(4)6(10-2)11-8(9)12-7/h3H,1-2H3,(H,10,11,12). The molecular weight excluding hydrogens is 206 g/mol. The molecule has 0 aliphatic heterocycles. The van der Waals surface area contributed by atoms with E-state index in [2.05, 4.69) is 20.7 Å². The van der Waals surface area contributed by atoms with Gasteiger partial charge in [-0.15, -0.1) is 11.3 Å². The summed E-state index contributed by atoms with van der Waals surface area (Å²) in [4.78, 5) is 9.17. The molecule has 0 bridgehead atoms. The summed E-state index contributed by atoms with van der Waals surface area (Å²) in [5.41, 5.74) is 1.18. The topological polar surface area (TPSA) is 37.8 Å². The summed E-state index contributed by atoms with van der Waals surface area (Å²) in [6.07, 6.45) is 0. The van der Waals surface area contributed by atoms with E-state index in [1.54, 1.807) is 11.3 Å². The molecule has 0 aliphatic rings. The first-order valence-electron chi connectivity index (χ1n) is 3.81. The third-order valence-corrected chi connectivity index (χ3v) is 2.99. The fourth-order valence-corrected chi connectivity index (χ4v) is 2.38. The molecule has 2 rings (SSSR count). The van der Waals surface area contributed by atoms with E-state index in [0.29, 0.717) is 5.28 Å². The molecule has 2 aromatic rings. The molecule has 0 aromatic carbocycles. The molecule has 0 saturated carbocycles. The highest BCUT2D eigenvalue weighted by Gasteiger charge is 2.09. The molecule has 2 heterocycles. The summed E-state index contributed by atoms with van der Waals surface area (Å²) in [6.45, 7) is 2.04. The Balaban J connectivity index is 2.85. The van der Waals surface area contributed by atoms with Crippen molar-refractivity contribution in [3.63, 3.8) is 0 Å². The van der Waals surface area contributed by atoms with Gasteiger partial charge in [-0.05, 0) is 29.5 Å². The Labute approximate surface area is 84.8 Å². The van der Waals surface area contributed by atoms with E-state index in [-0.39, 0.29) is 0 Å².